The summed E-state index contributed by atoms with van der Waals surface area (Å²) in [6.45, 7) is 2.94. The second-order valence-electron chi connectivity index (χ2n) is 6.44. The van der Waals surface area contributed by atoms with E-state index in [1.807, 2.05) is 24.2 Å². The highest BCUT2D eigenvalue weighted by Crippen LogP contribution is 2.25. The summed E-state index contributed by atoms with van der Waals surface area (Å²) in [4.78, 5) is 20.7. The Bertz CT molecular complexity index is 728. The van der Waals surface area contributed by atoms with E-state index in [1.54, 1.807) is 0 Å². The van der Waals surface area contributed by atoms with Crippen molar-refractivity contribution >= 4 is 16.8 Å². The Morgan fingerprint density at radius 1 is 1.30 bits per heavy atom. The maximum atomic E-state index is 11.9. The summed E-state index contributed by atoms with van der Waals surface area (Å²) in [6, 6.07) is 10.6. The Labute approximate surface area is 135 Å². The number of nitrogens with zero attached hydrogens (tertiary/aromatic N) is 3. The Hall–Kier alpha value is -1.98. The van der Waals surface area contributed by atoms with Crippen LogP contribution in [0.3, 0.4) is 0 Å². The van der Waals surface area contributed by atoms with Gasteiger partial charge in [0.05, 0.1) is 17.7 Å². The molecular weight excluding hydrogens is 290 g/mol. The molecule has 0 unspecified atom stereocenters. The molecule has 0 N–H and O–H groups in total. The van der Waals surface area contributed by atoms with Gasteiger partial charge < -0.3 is 9.64 Å². The van der Waals surface area contributed by atoms with Crippen molar-refractivity contribution in [2.75, 3.05) is 26.7 Å². The highest BCUT2D eigenvalue weighted by molar-refractivity contribution is 5.81. The molecule has 5 heteroatoms. The number of amides is 1. The first-order valence-corrected chi connectivity index (χ1v) is 8.14. The van der Waals surface area contributed by atoms with Gasteiger partial charge in [-0.05, 0) is 18.1 Å². The van der Waals surface area contributed by atoms with E-state index < -0.39 is 0 Å². The number of hydrogen-bond acceptors (Lipinski definition) is 4. The van der Waals surface area contributed by atoms with E-state index in [0.29, 0.717) is 0 Å². The average Bonchev–Trinajstić information content (AvgIpc) is 2.59. The van der Waals surface area contributed by atoms with Crippen molar-refractivity contribution in [3.8, 4) is 0 Å². The van der Waals surface area contributed by atoms with Crippen molar-refractivity contribution in [2.24, 2.45) is 0 Å². The van der Waals surface area contributed by atoms with E-state index in [1.165, 1.54) is 10.9 Å². The topological polar surface area (TPSA) is 45.7 Å². The number of morpholine rings is 1. The van der Waals surface area contributed by atoms with Crippen molar-refractivity contribution in [2.45, 2.75) is 25.1 Å². The quantitative estimate of drug-likeness (QED) is 0.846. The lowest BCUT2D eigenvalue weighted by atomic mass is 9.98. The third kappa shape index (κ3) is 2.71. The van der Waals surface area contributed by atoms with Gasteiger partial charge in [0, 0.05) is 38.3 Å². The first kappa shape index (κ1) is 14.6. The maximum Gasteiger partial charge on any atom is 0.248 e. The molecule has 2 saturated heterocycles. The number of para-hydroxylation sites is 1. The minimum absolute atomic E-state index is 0.0833. The van der Waals surface area contributed by atoms with Gasteiger partial charge in [-0.2, -0.15) is 0 Å². The lowest BCUT2D eigenvalue weighted by molar-refractivity contribution is -0.160. The number of carbonyl (C=O) groups is 1. The Kier molecular flexibility index (Phi) is 3.75. The van der Waals surface area contributed by atoms with Gasteiger partial charge in [-0.3, -0.25) is 14.7 Å². The first-order chi connectivity index (χ1) is 11.2. The van der Waals surface area contributed by atoms with Crippen molar-refractivity contribution in [3.63, 3.8) is 0 Å². The van der Waals surface area contributed by atoms with E-state index in [-0.39, 0.29) is 24.7 Å². The van der Waals surface area contributed by atoms with Crippen LogP contribution in [0, 0.1) is 0 Å². The average molecular weight is 311 g/mol. The van der Waals surface area contributed by atoms with Crippen molar-refractivity contribution in [3.05, 3.63) is 42.1 Å². The van der Waals surface area contributed by atoms with E-state index in [4.69, 9.17) is 4.74 Å². The fourth-order valence-electron chi connectivity index (χ4n) is 3.69. The fraction of sp³-hybridized carbons (Fsp3) is 0.444. The minimum Gasteiger partial charge on any atom is -0.366 e. The second kappa shape index (κ2) is 5.91. The number of ether oxygens (including phenoxy) is 1. The van der Waals surface area contributed by atoms with Crippen LogP contribution in [0.2, 0.25) is 0 Å². The highest BCUT2D eigenvalue weighted by Gasteiger charge is 2.38. The number of hydrogen-bond donors (Lipinski definition) is 0. The molecule has 2 aliphatic heterocycles. The zero-order chi connectivity index (χ0) is 15.8. The number of carbonyl (C=O) groups excluding carboxylic acids is 1. The lowest BCUT2D eigenvalue weighted by Crippen LogP contribution is -2.60. The normalized spacial score (nSPS) is 25.6. The molecule has 1 amide bonds. The molecule has 3 heterocycles. The number of fused-ring (bicyclic) bond motifs is 2. The van der Waals surface area contributed by atoms with E-state index in [9.17, 15) is 4.79 Å². The smallest absolute Gasteiger partial charge is 0.248 e. The summed E-state index contributed by atoms with van der Waals surface area (Å²) in [5.74, 6) is 0.0833. The van der Waals surface area contributed by atoms with Crippen LogP contribution in [0.1, 0.15) is 12.0 Å². The van der Waals surface area contributed by atoms with Gasteiger partial charge in [0.2, 0.25) is 5.91 Å². The molecule has 23 heavy (non-hydrogen) atoms. The molecule has 4 rings (SSSR count). The number of aromatic nitrogens is 1. The Morgan fingerprint density at radius 2 is 2.17 bits per heavy atom. The van der Waals surface area contributed by atoms with Gasteiger partial charge >= 0.3 is 0 Å². The number of piperidine rings is 1. The van der Waals surface area contributed by atoms with Gasteiger partial charge in [-0.25, -0.2) is 0 Å². The Balaban J connectivity index is 1.54. The van der Waals surface area contributed by atoms with Crippen LogP contribution in [-0.4, -0.2) is 59.6 Å². The summed E-state index contributed by atoms with van der Waals surface area (Å²) in [5, 5.41) is 1.17. The van der Waals surface area contributed by atoms with Crippen LogP contribution < -0.4 is 0 Å². The minimum atomic E-state index is 0.0833. The number of likely N-dealkylation sites (N-methyl/N-ethyl adjacent to an activating group) is 1. The summed E-state index contributed by atoms with van der Waals surface area (Å²) in [5.41, 5.74) is 2.31. The number of rotatable bonds is 2. The monoisotopic (exact) mass is 311 g/mol. The van der Waals surface area contributed by atoms with Gasteiger partial charge in [0.1, 0.15) is 6.61 Å². The summed E-state index contributed by atoms with van der Waals surface area (Å²) >= 11 is 0. The standard InChI is InChI=1S/C18H21N3O2/c1-20-15-11-21(9-7-16(15)23-12-17(20)22)10-14-5-2-4-13-6-3-8-19-18(13)14/h2-6,8,15-16H,7,9-12H2,1H3/t15-,16-/m0/s1. The third-order valence-corrected chi connectivity index (χ3v) is 5.03. The molecule has 2 atom stereocenters. The van der Waals surface area contributed by atoms with Gasteiger partial charge in [0.25, 0.3) is 0 Å². The SMILES string of the molecule is CN1C(=O)CO[C@H]2CCN(Cc3cccc4cccnc34)C[C@@H]21. The number of likely N-dealkylation sites (tertiary alicyclic amines) is 1. The number of pyridine rings is 1. The molecular formula is C18H21N3O2. The van der Waals surface area contributed by atoms with Crippen LogP contribution in [0.15, 0.2) is 36.5 Å². The van der Waals surface area contributed by atoms with Crippen LogP contribution in [0.4, 0.5) is 0 Å². The molecule has 0 spiro atoms. The zero-order valence-corrected chi connectivity index (χ0v) is 13.3. The molecule has 5 nitrogen and oxygen atoms in total. The lowest BCUT2D eigenvalue weighted by Gasteiger charge is -2.45. The maximum absolute atomic E-state index is 11.9. The molecule has 120 valence electrons. The van der Waals surface area contributed by atoms with E-state index in [2.05, 4.69) is 34.1 Å². The first-order valence-electron chi connectivity index (χ1n) is 8.14. The molecule has 0 bridgehead atoms. The van der Waals surface area contributed by atoms with Gasteiger partial charge in [0.15, 0.2) is 0 Å². The molecule has 0 saturated carbocycles. The summed E-state index contributed by atoms with van der Waals surface area (Å²) in [7, 11) is 1.89. The van der Waals surface area contributed by atoms with E-state index in [0.717, 1.165) is 31.6 Å². The Morgan fingerprint density at radius 3 is 3.09 bits per heavy atom. The predicted octanol–water partition coefficient (Wildman–Crippen LogP) is 1.67. The van der Waals surface area contributed by atoms with Crippen molar-refractivity contribution in [1.29, 1.82) is 0 Å². The second-order valence-corrected chi connectivity index (χ2v) is 6.44. The van der Waals surface area contributed by atoms with Crippen LogP contribution in [-0.2, 0) is 16.1 Å². The van der Waals surface area contributed by atoms with E-state index >= 15 is 0 Å². The molecule has 1 aromatic heterocycles. The predicted molar refractivity (Wildman–Crippen MR) is 87.9 cm³/mol. The molecule has 1 aromatic carbocycles. The van der Waals surface area contributed by atoms with Crippen molar-refractivity contribution < 1.29 is 9.53 Å². The molecule has 2 fully saturated rings. The number of benzene rings is 1. The molecule has 0 aliphatic carbocycles. The van der Waals surface area contributed by atoms with Gasteiger partial charge in [-0.15, -0.1) is 0 Å². The molecule has 2 aromatic rings. The summed E-state index contributed by atoms with van der Waals surface area (Å²) in [6.07, 6.45) is 3.00. The van der Waals surface area contributed by atoms with Crippen LogP contribution in [0.5, 0.6) is 0 Å². The van der Waals surface area contributed by atoms with Crippen LogP contribution >= 0.6 is 0 Å². The zero-order valence-electron chi connectivity index (χ0n) is 13.3. The van der Waals surface area contributed by atoms with Crippen LogP contribution in [0.25, 0.3) is 10.9 Å². The summed E-state index contributed by atoms with van der Waals surface area (Å²) < 4.78 is 5.70. The molecule has 0 radical (unpaired) electrons. The molecule has 2 aliphatic rings. The third-order valence-electron chi connectivity index (χ3n) is 5.03. The largest absolute Gasteiger partial charge is 0.366 e. The fourth-order valence-corrected chi connectivity index (χ4v) is 3.69. The van der Waals surface area contributed by atoms with Gasteiger partial charge in [-0.1, -0.05) is 24.3 Å². The highest BCUT2D eigenvalue weighted by atomic mass is 16.5. The van der Waals surface area contributed by atoms with Crippen molar-refractivity contribution in [1.82, 2.24) is 14.8 Å².